The van der Waals surface area contributed by atoms with Crippen LogP contribution in [0.25, 0.3) is 0 Å². The van der Waals surface area contributed by atoms with Crippen molar-refractivity contribution in [1.29, 1.82) is 0 Å². The largest absolute Gasteiger partial charge is 0.459 e. The van der Waals surface area contributed by atoms with E-state index < -0.39 is 21.9 Å². The van der Waals surface area contributed by atoms with Crippen LogP contribution in [0.1, 0.15) is 18.9 Å². The Hall–Kier alpha value is -1.93. The number of rotatable bonds is 6. The number of hydrogen-bond donors (Lipinski definition) is 2. The number of amides is 1. The molecule has 1 rings (SSSR count). The monoisotopic (exact) mass is 314 g/mol. The van der Waals surface area contributed by atoms with E-state index in [0.717, 1.165) is 5.56 Å². The number of nitrogens with two attached hydrogens (primary N) is 1. The Labute approximate surface area is 123 Å². The van der Waals surface area contributed by atoms with Crippen LogP contribution in [0.15, 0.2) is 29.2 Å². The molecule has 0 radical (unpaired) electrons. The smallest absolute Gasteiger partial charge is 0.396 e. The lowest BCUT2D eigenvalue weighted by Crippen LogP contribution is -2.33. The SMILES string of the molecule is CCOC(=O)C(=O)NCCCc1ccc(S(N)(=O)=O)cc1. The number of carbonyl (C=O) groups excluding carboxylic acids is 2. The second-order valence-corrected chi connectivity index (χ2v) is 5.83. The Bertz CT molecular complexity index is 595. The molecule has 0 spiro atoms. The topological polar surface area (TPSA) is 116 Å². The molecule has 7 nitrogen and oxygen atoms in total. The highest BCUT2D eigenvalue weighted by Crippen LogP contribution is 2.10. The molecule has 0 saturated carbocycles. The molecule has 1 aromatic rings. The van der Waals surface area contributed by atoms with Crippen LogP contribution in [0.2, 0.25) is 0 Å². The summed E-state index contributed by atoms with van der Waals surface area (Å²) in [7, 11) is -3.68. The van der Waals surface area contributed by atoms with Gasteiger partial charge in [0.2, 0.25) is 10.0 Å². The molecule has 0 bridgehead atoms. The number of hydrogen-bond acceptors (Lipinski definition) is 5. The molecule has 1 amide bonds. The Morgan fingerprint density at radius 1 is 1.24 bits per heavy atom. The average Bonchev–Trinajstić information content (AvgIpc) is 2.43. The van der Waals surface area contributed by atoms with Gasteiger partial charge in [0, 0.05) is 6.54 Å². The second-order valence-electron chi connectivity index (χ2n) is 4.27. The third kappa shape index (κ3) is 5.92. The molecular weight excluding hydrogens is 296 g/mol. The van der Waals surface area contributed by atoms with Gasteiger partial charge in [-0.1, -0.05) is 12.1 Å². The van der Waals surface area contributed by atoms with E-state index in [2.05, 4.69) is 10.1 Å². The lowest BCUT2D eigenvalue weighted by molar-refractivity contribution is -0.154. The van der Waals surface area contributed by atoms with Crippen molar-refractivity contribution in [1.82, 2.24) is 5.32 Å². The Morgan fingerprint density at radius 3 is 2.38 bits per heavy atom. The quantitative estimate of drug-likeness (QED) is 0.434. The highest BCUT2D eigenvalue weighted by Gasteiger charge is 2.13. The maximum absolute atomic E-state index is 11.2. The molecule has 116 valence electrons. The maximum atomic E-state index is 11.2. The van der Waals surface area contributed by atoms with Crippen LogP contribution in [-0.4, -0.2) is 33.4 Å². The van der Waals surface area contributed by atoms with Crippen LogP contribution in [-0.2, 0) is 30.8 Å². The highest BCUT2D eigenvalue weighted by atomic mass is 32.2. The fourth-order valence-corrected chi connectivity index (χ4v) is 2.12. The van der Waals surface area contributed by atoms with E-state index in [9.17, 15) is 18.0 Å². The maximum Gasteiger partial charge on any atom is 0.396 e. The summed E-state index contributed by atoms with van der Waals surface area (Å²) >= 11 is 0. The molecule has 0 unspecified atom stereocenters. The van der Waals surface area contributed by atoms with E-state index in [1.807, 2.05) is 0 Å². The van der Waals surface area contributed by atoms with Gasteiger partial charge in [-0.25, -0.2) is 18.4 Å². The van der Waals surface area contributed by atoms with Crippen molar-refractivity contribution in [3.63, 3.8) is 0 Å². The summed E-state index contributed by atoms with van der Waals surface area (Å²) in [5, 5.41) is 7.44. The minimum atomic E-state index is -3.68. The second kappa shape index (κ2) is 7.75. The molecule has 1 aromatic carbocycles. The molecule has 0 fully saturated rings. The fourth-order valence-electron chi connectivity index (χ4n) is 1.61. The molecule has 21 heavy (non-hydrogen) atoms. The Kier molecular flexibility index (Phi) is 6.32. The first kappa shape index (κ1) is 17.1. The standard InChI is InChI=1S/C13H18N2O5S/c1-2-20-13(17)12(16)15-9-3-4-10-5-7-11(8-6-10)21(14,18)19/h5-8H,2-4,9H2,1H3,(H,15,16)(H2,14,18,19). The number of sulfonamides is 1. The van der Waals surface area contributed by atoms with Crippen LogP contribution in [0.3, 0.4) is 0 Å². The van der Waals surface area contributed by atoms with Crippen molar-refractivity contribution >= 4 is 21.9 Å². The van der Waals surface area contributed by atoms with E-state index in [4.69, 9.17) is 5.14 Å². The summed E-state index contributed by atoms with van der Waals surface area (Å²) in [6.45, 7) is 2.10. The van der Waals surface area contributed by atoms with Gasteiger partial charge in [0.05, 0.1) is 11.5 Å². The van der Waals surface area contributed by atoms with E-state index in [1.54, 1.807) is 19.1 Å². The number of primary sulfonamides is 1. The van der Waals surface area contributed by atoms with Gasteiger partial charge < -0.3 is 10.1 Å². The zero-order valence-electron chi connectivity index (χ0n) is 11.7. The van der Waals surface area contributed by atoms with Crippen molar-refractivity contribution in [3.8, 4) is 0 Å². The van der Waals surface area contributed by atoms with Crippen molar-refractivity contribution in [3.05, 3.63) is 29.8 Å². The summed E-state index contributed by atoms with van der Waals surface area (Å²) in [5.74, 6) is -1.66. The summed E-state index contributed by atoms with van der Waals surface area (Å²) in [4.78, 5) is 22.3. The zero-order valence-corrected chi connectivity index (χ0v) is 12.5. The molecule has 0 aliphatic carbocycles. The van der Waals surface area contributed by atoms with Crippen molar-refractivity contribution in [2.75, 3.05) is 13.2 Å². The molecule has 0 heterocycles. The first-order valence-electron chi connectivity index (χ1n) is 6.41. The van der Waals surface area contributed by atoms with Crippen molar-refractivity contribution < 1.29 is 22.7 Å². The Morgan fingerprint density at radius 2 is 1.86 bits per heavy atom. The predicted molar refractivity (Wildman–Crippen MR) is 75.8 cm³/mol. The first-order valence-corrected chi connectivity index (χ1v) is 7.96. The van der Waals surface area contributed by atoms with Gasteiger partial charge >= 0.3 is 11.9 Å². The van der Waals surface area contributed by atoms with Gasteiger partial charge in [-0.15, -0.1) is 0 Å². The normalized spacial score (nSPS) is 11.0. The number of benzene rings is 1. The van der Waals surface area contributed by atoms with Crippen molar-refractivity contribution in [2.24, 2.45) is 5.14 Å². The summed E-state index contributed by atoms with van der Waals surface area (Å²) in [5.41, 5.74) is 0.910. The Balaban J connectivity index is 2.37. The molecule has 0 aliphatic heterocycles. The number of nitrogens with one attached hydrogen (secondary N) is 1. The van der Waals surface area contributed by atoms with Crippen LogP contribution >= 0.6 is 0 Å². The minimum Gasteiger partial charge on any atom is -0.459 e. The number of esters is 1. The van der Waals surface area contributed by atoms with Crippen LogP contribution in [0.4, 0.5) is 0 Å². The van der Waals surface area contributed by atoms with Gasteiger partial charge in [0.25, 0.3) is 0 Å². The lowest BCUT2D eigenvalue weighted by Gasteiger charge is -2.05. The zero-order chi connectivity index (χ0) is 15.9. The molecule has 0 aliphatic rings. The van der Waals surface area contributed by atoms with Gasteiger partial charge in [-0.2, -0.15) is 0 Å². The number of aryl methyl sites for hydroxylation is 1. The molecule has 8 heteroatoms. The lowest BCUT2D eigenvalue weighted by atomic mass is 10.1. The fraction of sp³-hybridized carbons (Fsp3) is 0.385. The minimum absolute atomic E-state index is 0.0573. The van der Waals surface area contributed by atoms with Crippen LogP contribution in [0, 0.1) is 0 Å². The average molecular weight is 314 g/mol. The third-order valence-corrected chi connectivity index (χ3v) is 3.57. The number of carbonyl (C=O) groups is 2. The third-order valence-electron chi connectivity index (χ3n) is 2.64. The molecule has 0 aromatic heterocycles. The van der Waals surface area contributed by atoms with E-state index in [1.165, 1.54) is 12.1 Å². The first-order chi connectivity index (χ1) is 9.84. The summed E-state index contributed by atoms with van der Waals surface area (Å²) in [6, 6.07) is 6.18. The van der Waals surface area contributed by atoms with E-state index >= 15 is 0 Å². The van der Waals surface area contributed by atoms with Gasteiger partial charge in [-0.3, -0.25) is 4.79 Å². The van der Waals surface area contributed by atoms with Gasteiger partial charge in [-0.05, 0) is 37.5 Å². The van der Waals surface area contributed by atoms with Crippen LogP contribution in [0.5, 0.6) is 0 Å². The molecule has 0 atom stereocenters. The molecular formula is C13H18N2O5S. The molecule has 3 N–H and O–H groups in total. The predicted octanol–water partition coefficient (Wildman–Crippen LogP) is -0.0541. The summed E-state index contributed by atoms with van der Waals surface area (Å²) in [6.07, 6.45) is 1.24. The molecule has 0 saturated heterocycles. The van der Waals surface area contributed by atoms with E-state index in [0.29, 0.717) is 19.4 Å². The van der Waals surface area contributed by atoms with Gasteiger partial charge in [0.1, 0.15) is 0 Å². The highest BCUT2D eigenvalue weighted by molar-refractivity contribution is 7.89. The van der Waals surface area contributed by atoms with Crippen LogP contribution < -0.4 is 10.5 Å². The van der Waals surface area contributed by atoms with Gasteiger partial charge in [0.15, 0.2) is 0 Å². The summed E-state index contributed by atoms with van der Waals surface area (Å²) < 4.78 is 26.7. The van der Waals surface area contributed by atoms with Crippen molar-refractivity contribution in [2.45, 2.75) is 24.7 Å². The number of ether oxygens (including phenoxy) is 1. The van der Waals surface area contributed by atoms with E-state index in [-0.39, 0.29) is 11.5 Å².